The molecule has 5 rings (SSSR count). The number of imide groups is 1. The van der Waals surface area contributed by atoms with Crippen LogP contribution in [-0.4, -0.2) is 29.7 Å². The first-order valence-corrected chi connectivity index (χ1v) is 13.3. The molecule has 0 atom stereocenters. The van der Waals surface area contributed by atoms with Gasteiger partial charge in [-0.25, -0.2) is 0 Å². The van der Waals surface area contributed by atoms with Crippen molar-refractivity contribution < 1.29 is 23.5 Å². The van der Waals surface area contributed by atoms with Gasteiger partial charge < -0.3 is 19.8 Å². The number of nitrogens with zero attached hydrogens (tertiary/aromatic N) is 1. The number of hydrogen-bond acceptors (Lipinski definition) is 7. The molecule has 0 unspecified atom stereocenters. The van der Waals surface area contributed by atoms with Crippen LogP contribution in [0.25, 0.3) is 0 Å². The number of amides is 3. The van der Waals surface area contributed by atoms with Gasteiger partial charge in [-0.2, -0.15) is 0 Å². The largest absolute Gasteiger partial charge is 0.497 e. The SMILES string of the molecule is COc1cccc(C(=O)Nc2cccc(SC3=C(Nc4ccc(C)c(C)c4)C(=O)N(Cc4ccco4)C3=O)c2)c1. The third-order valence-corrected chi connectivity index (χ3v) is 7.51. The van der Waals surface area contributed by atoms with Crippen molar-refractivity contribution in [2.45, 2.75) is 25.3 Å². The number of benzene rings is 3. The van der Waals surface area contributed by atoms with E-state index in [-0.39, 0.29) is 23.1 Å². The average Bonchev–Trinajstić information content (AvgIpc) is 3.55. The number of ether oxygens (including phenoxy) is 1. The maximum Gasteiger partial charge on any atom is 0.278 e. The van der Waals surface area contributed by atoms with Gasteiger partial charge in [-0.05, 0) is 85.6 Å². The molecular formula is C31H27N3O5S. The van der Waals surface area contributed by atoms with Crippen molar-refractivity contribution in [1.29, 1.82) is 0 Å². The second kappa shape index (κ2) is 11.5. The van der Waals surface area contributed by atoms with E-state index in [2.05, 4.69) is 10.6 Å². The van der Waals surface area contributed by atoms with Crippen LogP contribution in [0.1, 0.15) is 27.2 Å². The number of carbonyl (C=O) groups excluding carboxylic acids is 3. The summed E-state index contributed by atoms with van der Waals surface area (Å²) >= 11 is 1.16. The Kier molecular flexibility index (Phi) is 7.75. The van der Waals surface area contributed by atoms with Crippen molar-refractivity contribution in [1.82, 2.24) is 4.90 Å². The molecule has 4 aromatic rings. The van der Waals surface area contributed by atoms with E-state index in [0.29, 0.717) is 33.3 Å². The van der Waals surface area contributed by atoms with Crippen LogP contribution in [0.5, 0.6) is 5.75 Å². The normalized spacial score (nSPS) is 13.1. The molecule has 3 amide bonds. The van der Waals surface area contributed by atoms with Gasteiger partial charge in [0.1, 0.15) is 22.1 Å². The molecule has 8 nitrogen and oxygen atoms in total. The van der Waals surface area contributed by atoms with E-state index in [0.717, 1.165) is 22.9 Å². The fourth-order valence-corrected chi connectivity index (χ4v) is 5.15. The summed E-state index contributed by atoms with van der Waals surface area (Å²) in [7, 11) is 1.54. The lowest BCUT2D eigenvalue weighted by molar-refractivity contribution is -0.138. The summed E-state index contributed by atoms with van der Waals surface area (Å²) in [6, 6.07) is 23.2. The van der Waals surface area contributed by atoms with Gasteiger partial charge in [0.25, 0.3) is 17.7 Å². The minimum Gasteiger partial charge on any atom is -0.497 e. The van der Waals surface area contributed by atoms with Gasteiger partial charge >= 0.3 is 0 Å². The summed E-state index contributed by atoms with van der Waals surface area (Å²) in [5, 5.41) is 6.06. The predicted octanol–water partition coefficient (Wildman–Crippen LogP) is 6.14. The van der Waals surface area contributed by atoms with Crippen LogP contribution in [-0.2, 0) is 16.1 Å². The fraction of sp³-hybridized carbons (Fsp3) is 0.129. The Balaban J connectivity index is 1.42. The monoisotopic (exact) mass is 553 g/mol. The Morgan fingerprint density at radius 2 is 1.73 bits per heavy atom. The zero-order chi connectivity index (χ0) is 28.2. The zero-order valence-electron chi connectivity index (χ0n) is 22.2. The van der Waals surface area contributed by atoms with Gasteiger partial charge in [0, 0.05) is 21.8 Å². The van der Waals surface area contributed by atoms with E-state index in [4.69, 9.17) is 9.15 Å². The van der Waals surface area contributed by atoms with Gasteiger partial charge in [0.05, 0.1) is 19.9 Å². The molecule has 40 heavy (non-hydrogen) atoms. The molecule has 0 fully saturated rings. The van der Waals surface area contributed by atoms with Gasteiger partial charge in [0.15, 0.2) is 0 Å². The molecule has 1 aliphatic heterocycles. The van der Waals surface area contributed by atoms with Crippen molar-refractivity contribution in [3.63, 3.8) is 0 Å². The van der Waals surface area contributed by atoms with Gasteiger partial charge in [0.2, 0.25) is 0 Å². The summed E-state index contributed by atoms with van der Waals surface area (Å²) in [6.07, 6.45) is 1.50. The molecule has 0 spiro atoms. The smallest absolute Gasteiger partial charge is 0.278 e. The van der Waals surface area contributed by atoms with Crippen LogP contribution in [0.3, 0.4) is 0 Å². The van der Waals surface area contributed by atoms with Crippen LogP contribution in [0, 0.1) is 13.8 Å². The Morgan fingerprint density at radius 1 is 0.900 bits per heavy atom. The van der Waals surface area contributed by atoms with Crippen LogP contribution >= 0.6 is 11.8 Å². The van der Waals surface area contributed by atoms with E-state index in [1.807, 2.05) is 38.1 Å². The number of furan rings is 1. The molecule has 1 aliphatic rings. The van der Waals surface area contributed by atoms with Gasteiger partial charge in [-0.1, -0.05) is 30.0 Å². The Hall–Kier alpha value is -4.76. The lowest BCUT2D eigenvalue weighted by atomic mass is 10.1. The maximum atomic E-state index is 13.5. The number of aryl methyl sites for hydroxylation is 2. The van der Waals surface area contributed by atoms with E-state index in [9.17, 15) is 14.4 Å². The number of carbonyl (C=O) groups is 3. The lowest BCUT2D eigenvalue weighted by Crippen LogP contribution is -2.31. The minimum atomic E-state index is -0.440. The molecule has 0 saturated heterocycles. The molecule has 0 saturated carbocycles. The summed E-state index contributed by atoms with van der Waals surface area (Å²) < 4.78 is 10.6. The van der Waals surface area contributed by atoms with E-state index in [1.54, 1.807) is 61.7 Å². The van der Waals surface area contributed by atoms with Crippen LogP contribution in [0.15, 0.2) is 105 Å². The number of methoxy groups -OCH3 is 1. The van der Waals surface area contributed by atoms with E-state index in [1.165, 1.54) is 11.2 Å². The lowest BCUT2D eigenvalue weighted by Gasteiger charge is -2.14. The topological polar surface area (TPSA) is 101 Å². The highest BCUT2D eigenvalue weighted by Gasteiger charge is 2.39. The molecular weight excluding hydrogens is 526 g/mol. The first kappa shape index (κ1) is 26.8. The summed E-state index contributed by atoms with van der Waals surface area (Å²) in [6.45, 7) is 4.01. The van der Waals surface area contributed by atoms with Crippen molar-refractivity contribution >= 4 is 40.9 Å². The Morgan fingerprint density at radius 3 is 2.48 bits per heavy atom. The molecule has 0 radical (unpaired) electrons. The third kappa shape index (κ3) is 5.79. The highest BCUT2D eigenvalue weighted by Crippen LogP contribution is 2.37. The van der Waals surface area contributed by atoms with Crippen LogP contribution in [0.4, 0.5) is 11.4 Å². The molecule has 3 aromatic carbocycles. The van der Waals surface area contributed by atoms with E-state index < -0.39 is 11.8 Å². The Bertz CT molecular complexity index is 1630. The molecule has 9 heteroatoms. The summed E-state index contributed by atoms with van der Waals surface area (Å²) in [5.74, 6) is -0.0841. The zero-order valence-corrected chi connectivity index (χ0v) is 23.0. The second-order valence-electron chi connectivity index (χ2n) is 9.22. The van der Waals surface area contributed by atoms with Crippen molar-refractivity contribution in [3.8, 4) is 5.75 Å². The summed E-state index contributed by atoms with van der Waals surface area (Å²) in [5.41, 5.74) is 4.07. The quantitative estimate of drug-likeness (QED) is 0.240. The van der Waals surface area contributed by atoms with Gasteiger partial charge in [-0.15, -0.1) is 0 Å². The number of rotatable bonds is 9. The predicted molar refractivity (Wildman–Crippen MR) is 154 cm³/mol. The minimum absolute atomic E-state index is 0.0173. The summed E-state index contributed by atoms with van der Waals surface area (Å²) in [4.78, 5) is 42.0. The number of hydrogen-bond donors (Lipinski definition) is 2. The highest BCUT2D eigenvalue weighted by molar-refractivity contribution is 8.04. The van der Waals surface area contributed by atoms with Gasteiger partial charge in [-0.3, -0.25) is 19.3 Å². The van der Waals surface area contributed by atoms with Crippen LogP contribution in [0.2, 0.25) is 0 Å². The highest BCUT2D eigenvalue weighted by atomic mass is 32.2. The standard InChI is InChI=1S/C31H27N3O5S/c1-19-12-13-23(15-20(19)2)32-27-28(31(37)34(30(27)36)18-25-10-6-14-39-25)40-26-11-5-8-22(17-26)33-29(35)21-7-4-9-24(16-21)38-3/h4-17,32H,18H2,1-3H3,(H,33,35). The fourth-order valence-electron chi connectivity index (χ4n) is 4.15. The second-order valence-corrected chi connectivity index (χ2v) is 10.3. The molecule has 0 aliphatic carbocycles. The number of anilines is 2. The first-order valence-electron chi connectivity index (χ1n) is 12.5. The van der Waals surface area contributed by atoms with Crippen molar-refractivity contribution in [3.05, 3.63) is 118 Å². The first-order chi connectivity index (χ1) is 19.3. The third-order valence-electron chi connectivity index (χ3n) is 6.44. The van der Waals surface area contributed by atoms with Crippen LogP contribution < -0.4 is 15.4 Å². The molecule has 1 aromatic heterocycles. The number of thioether (sulfide) groups is 1. The maximum absolute atomic E-state index is 13.5. The molecule has 2 heterocycles. The molecule has 0 bridgehead atoms. The molecule has 202 valence electrons. The average molecular weight is 554 g/mol. The number of nitrogens with one attached hydrogen (secondary N) is 2. The van der Waals surface area contributed by atoms with Crippen molar-refractivity contribution in [2.75, 3.05) is 17.7 Å². The van der Waals surface area contributed by atoms with Crippen molar-refractivity contribution in [2.24, 2.45) is 0 Å². The Labute approximate surface area is 236 Å². The molecule has 2 N–H and O–H groups in total. The van der Waals surface area contributed by atoms with E-state index >= 15 is 0 Å².